The van der Waals surface area contributed by atoms with E-state index in [4.69, 9.17) is 11.6 Å². The fraction of sp³-hybridized carbons (Fsp3) is 0.0270. The first-order valence-electron chi connectivity index (χ1n) is 14.4. The van der Waals surface area contributed by atoms with Crippen LogP contribution in [0.15, 0.2) is 144 Å². The van der Waals surface area contributed by atoms with Crippen molar-refractivity contribution in [3.8, 4) is 0 Å². The fourth-order valence-electron chi connectivity index (χ4n) is 4.50. The fourth-order valence-corrected chi connectivity index (χ4v) is 5.72. The van der Waals surface area contributed by atoms with Gasteiger partial charge >= 0.3 is 5.97 Å². The van der Waals surface area contributed by atoms with Crippen molar-refractivity contribution in [3.05, 3.63) is 166 Å². The van der Waals surface area contributed by atoms with E-state index in [0.29, 0.717) is 27.5 Å². The predicted octanol–water partition coefficient (Wildman–Crippen LogP) is 7.92. The standard InChI is InChI=1S/C37H28ClN3O5S/c38-28-15-7-9-24(21-28)22-32(41-34(42)26-12-5-2-6-13-26)35(43)39-29-17-19-31(20-18-29)47-33(25-10-3-1-4-11-25)36(44)40-30-16-8-14-27(23-30)37(45)46/h1-23,33H,(H,39,43)(H,40,44)(H,41,42)(H,45,46)/b32-22-. The minimum Gasteiger partial charge on any atom is -0.478 e. The quantitative estimate of drug-likeness (QED) is 0.0842. The number of carbonyl (C=O) groups is 4. The van der Waals surface area contributed by atoms with Crippen LogP contribution in [-0.4, -0.2) is 28.8 Å². The van der Waals surface area contributed by atoms with E-state index in [0.717, 1.165) is 10.5 Å². The van der Waals surface area contributed by atoms with Gasteiger partial charge in [-0.25, -0.2) is 4.79 Å². The largest absolute Gasteiger partial charge is 0.478 e. The molecule has 5 aromatic carbocycles. The van der Waals surface area contributed by atoms with Crippen LogP contribution in [0.2, 0.25) is 5.02 Å². The Morgan fingerprint density at radius 1 is 0.681 bits per heavy atom. The molecule has 5 rings (SSSR count). The van der Waals surface area contributed by atoms with Gasteiger partial charge in [-0.15, -0.1) is 11.8 Å². The Morgan fingerprint density at radius 3 is 2.02 bits per heavy atom. The van der Waals surface area contributed by atoms with E-state index in [-0.39, 0.29) is 17.2 Å². The number of carboxylic acids is 1. The highest BCUT2D eigenvalue weighted by Crippen LogP contribution is 2.37. The molecule has 47 heavy (non-hydrogen) atoms. The summed E-state index contributed by atoms with van der Waals surface area (Å²) in [4.78, 5) is 52.0. The molecular formula is C37H28ClN3O5S. The molecule has 3 amide bonds. The number of benzene rings is 5. The Labute approximate surface area is 280 Å². The Morgan fingerprint density at radius 2 is 1.34 bits per heavy atom. The summed E-state index contributed by atoms with van der Waals surface area (Å²) in [5.74, 6) is -2.40. The van der Waals surface area contributed by atoms with E-state index in [1.54, 1.807) is 97.1 Å². The smallest absolute Gasteiger partial charge is 0.335 e. The average molecular weight is 662 g/mol. The zero-order valence-electron chi connectivity index (χ0n) is 24.7. The van der Waals surface area contributed by atoms with Crippen molar-refractivity contribution in [2.75, 3.05) is 10.6 Å². The molecule has 0 saturated heterocycles. The summed E-state index contributed by atoms with van der Waals surface area (Å²) in [7, 11) is 0. The van der Waals surface area contributed by atoms with Crippen LogP contribution in [0, 0.1) is 0 Å². The molecule has 1 unspecified atom stereocenters. The van der Waals surface area contributed by atoms with Crippen LogP contribution in [0.5, 0.6) is 0 Å². The molecule has 0 saturated carbocycles. The van der Waals surface area contributed by atoms with Crippen molar-refractivity contribution < 1.29 is 24.3 Å². The molecule has 0 heterocycles. The summed E-state index contributed by atoms with van der Waals surface area (Å²) in [5, 5.41) is 17.5. The van der Waals surface area contributed by atoms with Gasteiger partial charge in [-0.2, -0.15) is 0 Å². The Hall–Kier alpha value is -5.64. The maximum atomic E-state index is 13.5. The van der Waals surface area contributed by atoms with Crippen LogP contribution in [0.1, 0.15) is 37.1 Å². The third-order valence-corrected chi connectivity index (χ3v) is 8.27. The average Bonchev–Trinajstić information content (AvgIpc) is 3.08. The van der Waals surface area contributed by atoms with Gasteiger partial charge in [0, 0.05) is 26.9 Å². The normalized spacial score (nSPS) is 11.6. The molecule has 234 valence electrons. The maximum Gasteiger partial charge on any atom is 0.335 e. The second-order valence-electron chi connectivity index (χ2n) is 10.2. The number of halogens is 1. The lowest BCUT2D eigenvalue weighted by Gasteiger charge is -2.18. The van der Waals surface area contributed by atoms with Crippen molar-refractivity contribution in [3.63, 3.8) is 0 Å². The van der Waals surface area contributed by atoms with Crippen LogP contribution >= 0.6 is 23.4 Å². The first kappa shape index (κ1) is 32.7. The van der Waals surface area contributed by atoms with Gasteiger partial charge in [0.2, 0.25) is 5.91 Å². The van der Waals surface area contributed by atoms with Gasteiger partial charge < -0.3 is 21.1 Å². The molecule has 5 aromatic rings. The number of carbonyl (C=O) groups excluding carboxylic acids is 3. The minimum atomic E-state index is -1.09. The van der Waals surface area contributed by atoms with Gasteiger partial charge in [0.25, 0.3) is 11.8 Å². The first-order valence-corrected chi connectivity index (χ1v) is 15.6. The molecule has 0 aliphatic rings. The lowest BCUT2D eigenvalue weighted by Crippen LogP contribution is -2.30. The number of anilines is 2. The highest BCUT2D eigenvalue weighted by molar-refractivity contribution is 8.00. The second-order valence-corrected chi connectivity index (χ2v) is 11.8. The zero-order valence-corrected chi connectivity index (χ0v) is 26.3. The van der Waals surface area contributed by atoms with Crippen LogP contribution in [-0.2, 0) is 9.59 Å². The summed E-state index contributed by atoms with van der Waals surface area (Å²) < 4.78 is 0. The molecular weight excluding hydrogens is 634 g/mol. The van der Waals surface area contributed by atoms with E-state index in [1.165, 1.54) is 23.9 Å². The maximum absolute atomic E-state index is 13.5. The molecule has 8 nitrogen and oxygen atoms in total. The van der Waals surface area contributed by atoms with E-state index in [9.17, 15) is 24.3 Å². The number of aromatic carboxylic acids is 1. The van der Waals surface area contributed by atoms with Gasteiger partial charge in [0.15, 0.2) is 0 Å². The first-order chi connectivity index (χ1) is 22.7. The third-order valence-electron chi connectivity index (χ3n) is 6.77. The summed E-state index contributed by atoms with van der Waals surface area (Å²) in [6, 6.07) is 37.7. The number of thioether (sulfide) groups is 1. The Kier molecular flexibility index (Phi) is 10.9. The summed E-state index contributed by atoms with van der Waals surface area (Å²) in [5.41, 5.74) is 2.70. The highest BCUT2D eigenvalue weighted by atomic mass is 35.5. The molecule has 0 bridgehead atoms. The number of rotatable bonds is 11. The van der Waals surface area contributed by atoms with E-state index in [1.807, 2.05) is 30.3 Å². The lowest BCUT2D eigenvalue weighted by atomic mass is 10.1. The van der Waals surface area contributed by atoms with Gasteiger partial charge in [-0.3, -0.25) is 14.4 Å². The molecule has 0 aliphatic carbocycles. The van der Waals surface area contributed by atoms with Crippen molar-refractivity contribution in [2.45, 2.75) is 10.1 Å². The molecule has 0 radical (unpaired) electrons. The minimum absolute atomic E-state index is 0.0207. The molecule has 4 N–H and O–H groups in total. The lowest BCUT2D eigenvalue weighted by molar-refractivity contribution is -0.116. The van der Waals surface area contributed by atoms with Crippen LogP contribution < -0.4 is 16.0 Å². The van der Waals surface area contributed by atoms with Crippen molar-refractivity contribution in [2.24, 2.45) is 0 Å². The van der Waals surface area contributed by atoms with E-state index >= 15 is 0 Å². The second kappa shape index (κ2) is 15.6. The predicted molar refractivity (Wildman–Crippen MR) is 185 cm³/mol. The van der Waals surface area contributed by atoms with Gasteiger partial charge in [-0.05, 0) is 83.9 Å². The zero-order chi connectivity index (χ0) is 33.2. The molecule has 0 aromatic heterocycles. The molecule has 0 fully saturated rings. The van der Waals surface area contributed by atoms with Gasteiger partial charge in [0.1, 0.15) is 10.9 Å². The number of nitrogens with one attached hydrogen (secondary N) is 3. The van der Waals surface area contributed by atoms with Crippen LogP contribution in [0.25, 0.3) is 6.08 Å². The van der Waals surface area contributed by atoms with Crippen LogP contribution in [0.3, 0.4) is 0 Å². The molecule has 0 spiro atoms. The number of hydrogen-bond donors (Lipinski definition) is 4. The SMILES string of the molecule is O=C(Nc1ccc(SC(C(=O)Nc2cccc(C(=O)O)c2)c2ccccc2)cc1)/C(=C/c1cccc(Cl)c1)NC(=O)c1ccccc1. The van der Waals surface area contributed by atoms with Crippen molar-refractivity contribution in [1.29, 1.82) is 0 Å². The van der Waals surface area contributed by atoms with Crippen molar-refractivity contribution in [1.82, 2.24) is 5.32 Å². The number of hydrogen-bond acceptors (Lipinski definition) is 5. The van der Waals surface area contributed by atoms with Crippen molar-refractivity contribution >= 4 is 64.5 Å². The van der Waals surface area contributed by atoms with Gasteiger partial charge in [0.05, 0.1) is 5.56 Å². The highest BCUT2D eigenvalue weighted by Gasteiger charge is 2.23. The summed E-state index contributed by atoms with van der Waals surface area (Å²) in [6.07, 6.45) is 1.54. The summed E-state index contributed by atoms with van der Waals surface area (Å²) >= 11 is 7.44. The third kappa shape index (κ3) is 9.20. The number of carboxylic acid groups (broad SMARTS) is 1. The Balaban J connectivity index is 1.33. The number of amides is 3. The monoisotopic (exact) mass is 661 g/mol. The topological polar surface area (TPSA) is 125 Å². The van der Waals surface area contributed by atoms with E-state index in [2.05, 4.69) is 16.0 Å². The molecule has 10 heteroatoms. The molecule has 1 atom stereocenters. The van der Waals surface area contributed by atoms with E-state index < -0.39 is 23.0 Å². The van der Waals surface area contributed by atoms with Crippen LogP contribution in [0.4, 0.5) is 11.4 Å². The summed E-state index contributed by atoms with van der Waals surface area (Å²) in [6.45, 7) is 0. The molecule has 0 aliphatic heterocycles. The Bertz CT molecular complexity index is 1930. The van der Waals surface area contributed by atoms with Gasteiger partial charge in [-0.1, -0.05) is 78.3 Å².